The smallest absolute Gasteiger partial charge is 0.115 e. The van der Waals surface area contributed by atoms with Crippen LogP contribution in [0.25, 0.3) is 0 Å². The van der Waals surface area contributed by atoms with Gasteiger partial charge in [-0.05, 0) is 97.1 Å². The Kier molecular flexibility index (Phi) is 4.90. The largest absolute Gasteiger partial charge is 0.508 e. The molecule has 1 unspecified atom stereocenters. The van der Waals surface area contributed by atoms with Gasteiger partial charge in [0.15, 0.2) is 0 Å². The standard InChI is InChI=1S/C18H24O2.C6H6O/c1-18-9-8-14-13-5-3-12(19)10-11(13)2-4-15(14)16(18)6-7-17(18)20;7-6-4-2-1-3-5-6/h3,5,10,14-17,19-20H,2,4,6-9H2,1H3;1-5,7H/t14-,15-,16+,17?,18+;/m1./s1. The van der Waals surface area contributed by atoms with Crippen molar-refractivity contribution in [2.45, 2.75) is 57.5 Å². The third kappa shape index (κ3) is 3.34. The van der Waals surface area contributed by atoms with Gasteiger partial charge in [0.05, 0.1) is 6.10 Å². The second kappa shape index (κ2) is 7.20. The van der Waals surface area contributed by atoms with Crippen LogP contribution in [0.2, 0.25) is 0 Å². The fourth-order valence-electron chi connectivity index (χ4n) is 5.97. The molecule has 3 aliphatic rings. The highest BCUT2D eigenvalue weighted by Crippen LogP contribution is 2.60. The molecule has 3 aliphatic carbocycles. The van der Waals surface area contributed by atoms with Crippen molar-refractivity contribution in [3.05, 3.63) is 59.7 Å². The highest BCUT2D eigenvalue weighted by atomic mass is 16.3. The molecular weight excluding hydrogens is 336 g/mol. The Balaban J connectivity index is 0.000000218. The maximum Gasteiger partial charge on any atom is 0.115 e. The molecular formula is C24H30O3. The minimum atomic E-state index is -0.0883. The molecule has 0 radical (unpaired) electrons. The van der Waals surface area contributed by atoms with Crippen molar-refractivity contribution in [2.24, 2.45) is 17.3 Å². The lowest BCUT2D eigenvalue weighted by molar-refractivity contribution is -0.0226. The van der Waals surface area contributed by atoms with E-state index in [1.165, 1.54) is 30.4 Å². The number of phenolic OH excluding ortho intramolecular Hbond substituents is 2. The fourth-order valence-corrected chi connectivity index (χ4v) is 5.97. The van der Waals surface area contributed by atoms with Crippen molar-refractivity contribution in [1.82, 2.24) is 0 Å². The Hall–Kier alpha value is -2.00. The zero-order valence-corrected chi connectivity index (χ0v) is 16.0. The summed E-state index contributed by atoms with van der Waals surface area (Å²) in [5.41, 5.74) is 2.99. The number of fused-ring (bicyclic) bond motifs is 5. The number of rotatable bonds is 0. The third-order valence-electron chi connectivity index (χ3n) is 7.42. The normalized spacial score (nSPS) is 33.9. The average Bonchev–Trinajstić information content (AvgIpc) is 2.97. The molecule has 0 aliphatic heterocycles. The van der Waals surface area contributed by atoms with Gasteiger partial charge in [0.1, 0.15) is 11.5 Å². The number of aliphatic hydroxyl groups excluding tert-OH is 1. The number of phenols is 2. The molecule has 2 fully saturated rings. The Morgan fingerprint density at radius 1 is 0.889 bits per heavy atom. The lowest BCUT2D eigenvalue weighted by Gasteiger charge is -2.50. The van der Waals surface area contributed by atoms with E-state index in [1.807, 2.05) is 18.2 Å². The molecule has 2 saturated carbocycles. The number of aliphatic hydroxyl groups is 1. The molecule has 2 aromatic rings. The molecule has 5 rings (SSSR count). The molecule has 0 bridgehead atoms. The summed E-state index contributed by atoms with van der Waals surface area (Å²) >= 11 is 0. The van der Waals surface area contributed by atoms with Gasteiger partial charge in [-0.2, -0.15) is 0 Å². The van der Waals surface area contributed by atoms with E-state index < -0.39 is 0 Å². The van der Waals surface area contributed by atoms with Crippen LogP contribution < -0.4 is 0 Å². The molecule has 144 valence electrons. The van der Waals surface area contributed by atoms with Crippen LogP contribution in [0.5, 0.6) is 11.5 Å². The topological polar surface area (TPSA) is 60.7 Å². The minimum absolute atomic E-state index is 0.0883. The summed E-state index contributed by atoms with van der Waals surface area (Å²) in [6.45, 7) is 2.32. The SMILES string of the molecule is C[C@]12CC[C@@H]3c4ccc(O)cc4CC[C@H]3[C@@H]1CCC2O.Oc1ccccc1. The van der Waals surface area contributed by atoms with Crippen molar-refractivity contribution >= 4 is 0 Å². The van der Waals surface area contributed by atoms with Crippen LogP contribution in [0.4, 0.5) is 0 Å². The van der Waals surface area contributed by atoms with Crippen molar-refractivity contribution in [3.8, 4) is 11.5 Å². The van der Waals surface area contributed by atoms with Gasteiger partial charge in [-0.3, -0.25) is 0 Å². The van der Waals surface area contributed by atoms with E-state index >= 15 is 0 Å². The molecule has 3 N–H and O–H groups in total. The van der Waals surface area contributed by atoms with E-state index in [9.17, 15) is 10.2 Å². The van der Waals surface area contributed by atoms with Gasteiger partial charge in [0.2, 0.25) is 0 Å². The highest BCUT2D eigenvalue weighted by Gasteiger charge is 2.54. The molecule has 3 nitrogen and oxygen atoms in total. The lowest BCUT2D eigenvalue weighted by Crippen LogP contribution is -2.43. The predicted octanol–water partition coefficient (Wildman–Crippen LogP) is 5.00. The van der Waals surface area contributed by atoms with E-state index in [0.717, 1.165) is 25.2 Å². The number of hydrogen-bond donors (Lipinski definition) is 3. The number of aromatic hydroxyl groups is 2. The molecule has 27 heavy (non-hydrogen) atoms. The first kappa shape index (κ1) is 18.4. The highest BCUT2D eigenvalue weighted by molar-refractivity contribution is 5.40. The summed E-state index contributed by atoms with van der Waals surface area (Å²) < 4.78 is 0. The number of para-hydroxylation sites is 1. The molecule has 0 heterocycles. The van der Waals surface area contributed by atoms with E-state index in [1.54, 1.807) is 24.3 Å². The van der Waals surface area contributed by atoms with Gasteiger partial charge in [0, 0.05) is 0 Å². The average molecular weight is 367 g/mol. The number of hydrogen-bond acceptors (Lipinski definition) is 3. The van der Waals surface area contributed by atoms with Gasteiger partial charge in [-0.15, -0.1) is 0 Å². The zero-order chi connectivity index (χ0) is 19.0. The summed E-state index contributed by atoms with van der Waals surface area (Å²) in [5, 5.41) is 28.7. The second-order valence-electron chi connectivity index (χ2n) is 8.77. The number of aryl methyl sites for hydroxylation is 1. The van der Waals surface area contributed by atoms with E-state index in [2.05, 4.69) is 13.0 Å². The third-order valence-corrected chi connectivity index (χ3v) is 7.42. The maximum atomic E-state index is 10.4. The van der Waals surface area contributed by atoms with Crippen LogP contribution in [0.1, 0.15) is 56.1 Å². The molecule has 5 atom stereocenters. The monoisotopic (exact) mass is 366 g/mol. The van der Waals surface area contributed by atoms with Crippen LogP contribution in [-0.4, -0.2) is 21.4 Å². The first-order chi connectivity index (χ1) is 13.0. The first-order valence-corrected chi connectivity index (χ1v) is 10.2. The predicted molar refractivity (Wildman–Crippen MR) is 107 cm³/mol. The first-order valence-electron chi connectivity index (χ1n) is 10.2. The summed E-state index contributed by atoms with van der Waals surface area (Å²) in [7, 11) is 0. The Labute approximate surface area is 161 Å². The molecule has 2 aromatic carbocycles. The zero-order valence-electron chi connectivity index (χ0n) is 16.0. The van der Waals surface area contributed by atoms with Gasteiger partial charge >= 0.3 is 0 Å². The fraction of sp³-hybridized carbons (Fsp3) is 0.500. The summed E-state index contributed by atoms with van der Waals surface area (Å²) in [6.07, 6.45) is 6.78. The Bertz CT molecular complexity index is 787. The molecule has 3 heteroatoms. The quantitative estimate of drug-likeness (QED) is 0.615. The van der Waals surface area contributed by atoms with E-state index in [-0.39, 0.29) is 11.5 Å². The lowest BCUT2D eigenvalue weighted by atomic mass is 9.55. The maximum absolute atomic E-state index is 10.4. The molecule has 0 spiro atoms. The summed E-state index contributed by atoms with van der Waals surface area (Å²) in [5.74, 6) is 2.81. The molecule has 0 saturated heterocycles. The summed E-state index contributed by atoms with van der Waals surface area (Å²) in [6, 6.07) is 14.7. The van der Waals surface area contributed by atoms with Crippen LogP contribution in [0.3, 0.4) is 0 Å². The Morgan fingerprint density at radius 2 is 1.67 bits per heavy atom. The van der Waals surface area contributed by atoms with E-state index in [0.29, 0.717) is 23.3 Å². The van der Waals surface area contributed by atoms with Crippen LogP contribution in [0, 0.1) is 17.3 Å². The van der Waals surface area contributed by atoms with Crippen molar-refractivity contribution in [1.29, 1.82) is 0 Å². The van der Waals surface area contributed by atoms with Gasteiger partial charge < -0.3 is 15.3 Å². The molecule has 0 amide bonds. The van der Waals surface area contributed by atoms with Crippen LogP contribution >= 0.6 is 0 Å². The van der Waals surface area contributed by atoms with Crippen LogP contribution in [-0.2, 0) is 6.42 Å². The van der Waals surface area contributed by atoms with Crippen molar-refractivity contribution < 1.29 is 15.3 Å². The second-order valence-corrected chi connectivity index (χ2v) is 8.77. The van der Waals surface area contributed by atoms with Crippen molar-refractivity contribution in [3.63, 3.8) is 0 Å². The minimum Gasteiger partial charge on any atom is -0.508 e. The summed E-state index contributed by atoms with van der Waals surface area (Å²) in [4.78, 5) is 0. The Morgan fingerprint density at radius 3 is 2.37 bits per heavy atom. The van der Waals surface area contributed by atoms with Crippen LogP contribution in [0.15, 0.2) is 48.5 Å². The molecule has 0 aromatic heterocycles. The van der Waals surface area contributed by atoms with E-state index in [4.69, 9.17) is 5.11 Å². The van der Waals surface area contributed by atoms with Gasteiger partial charge in [-0.25, -0.2) is 0 Å². The number of benzene rings is 2. The van der Waals surface area contributed by atoms with Gasteiger partial charge in [0.25, 0.3) is 0 Å². The van der Waals surface area contributed by atoms with Crippen molar-refractivity contribution in [2.75, 3.05) is 0 Å². The van der Waals surface area contributed by atoms with Gasteiger partial charge in [-0.1, -0.05) is 31.2 Å².